The average Bonchev–Trinajstić information content (AvgIpc) is 2.66. The van der Waals surface area contributed by atoms with Crippen molar-refractivity contribution in [2.45, 2.75) is 15.7 Å². The molecule has 2 rings (SSSR count). The third-order valence-electron chi connectivity index (χ3n) is 2.09. The van der Waals surface area contributed by atoms with Gasteiger partial charge in [0, 0.05) is 25.8 Å². The lowest BCUT2D eigenvalue weighted by atomic mass is 10.2. The molecule has 0 saturated carbocycles. The minimum Gasteiger partial charge on any atom is -0.143 e. The summed E-state index contributed by atoms with van der Waals surface area (Å²) < 4.78 is 1.26. The van der Waals surface area contributed by atoms with Crippen molar-refractivity contribution in [2.75, 3.05) is 6.26 Å². The Labute approximate surface area is 102 Å². The number of benzene rings is 1. The van der Waals surface area contributed by atoms with Crippen molar-refractivity contribution < 1.29 is 0 Å². The van der Waals surface area contributed by atoms with Crippen LogP contribution in [-0.2, 0) is 5.88 Å². The molecule has 0 N–H and O–H groups in total. The van der Waals surface area contributed by atoms with Gasteiger partial charge in [-0.25, -0.2) is 0 Å². The number of rotatable bonds is 2. The first kappa shape index (κ1) is 10.7. The zero-order chi connectivity index (χ0) is 10.1. The Morgan fingerprint density at radius 1 is 1.57 bits per heavy atom. The van der Waals surface area contributed by atoms with Crippen molar-refractivity contribution in [1.82, 2.24) is 0 Å². The average molecular weight is 261 g/mol. The third-order valence-corrected chi connectivity index (χ3v) is 4.72. The fourth-order valence-corrected chi connectivity index (χ4v) is 3.89. The molecule has 0 aliphatic heterocycles. The van der Waals surface area contributed by atoms with Crippen molar-refractivity contribution >= 4 is 57.4 Å². The van der Waals surface area contributed by atoms with Crippen LogP contribution in [0.5, 0.6) is 0 Å². The van der Waals surface area contributed by atoms with Gasteiger partial charge in [-0.2, -0.15) is 0 Å². The first-order valence-electron chi connectivity index (χ1n) is 4.10. The van der Waals surface area contributed by atoms with Gasteiger partial charge in [0.2, 0.25) is 0 Å². The zero-order valence-corrected chi connectivity index (χ0v) is 10.9. The topological polar surface area (TPSA) is 0 Å². The number of hydrogen-bond acceptors (Lipinski definition) is 3. The van der Waals surface area contributed by atoms with Crippen LogP contribution in [0.3, 0.4) is 0 Å². The predicted molar refractivity (Wildman–Crippen MR) is 70.4 cm³/mol. The van der Waals surface area contributed by atoms with E-state index in [9.17, 15) is 0 Å². The number of thiol groups is 1. The van der Waals surface area contributed by atoms with E-state index < -0.39 is 0 Å². The van der Waals surface area contributed by atoms with E-state index in [1.54, 1.807) is 23.1 Å². The molecule has 0 unspecified atom stereocenters. The van der Waals surface area contributed by atoms with E-state index in [0.717, 1.165) is 4.90 Å². The largest absolute Gasteiger partial charge is 0.143 e. The van der Waals surface area contributed by atoms with E-state index >= 15 is 0 Å². The normalized spacial score (nSPS) is 11.1. The van der Waals surface area contributed by atoms with E-state index in [1.165, 1.54) is 20.5 Å². The fraction of sp³-hybridized carbons (Fsp3) is 0.200. The van der Waals surface area contributed by atoms with Crippen molar-refractivity contribution in [2.24, 2.45) is 0 Å². The smallest absolute Gasteiger partial charge is 0.0487 e. The molecule has 0 saturated heterocycles. The van der Waals surface area contributed by atoms with Crippen LogP contribution < -0.4 is 0 Å². The van der Waals surface area contributed by atoms with E-state index in [4.69, 9.17) is 11.6 Å². The molecule has 2 aromatic rings. The summed E-state index contributed by atoms with van der Waals surface area (Å²) in [6.45, 7) is 0. The standard InChI is InChI=1S/C10H9ClS3/c1-13-9-6(5-11)4-8(12)10-7(9)2-3-14-10/h2-4,12H,5H2,1H3. The van der Waals surface area contributed by atoms with Crippen LogP contribution >= 0.6 is 47.3 Å². The van der Waals surface area contributed by atoms with Gasteiger partial charge < -0.3 is 0 Å². The molecule has 14 heavy (non-hydrogen) atoms. The molecule has 0 amide bonds. The van der Waals surface area contributed by atoms with Gasteiger partial charge in [0.05, 0.1) is 0 Å². The lowest BCUT2D eigenvalue weighted by Gasteiger charge is -2.07. The van der Waals surface area contributed by atoms with Crippen molar-refractivity contribution in [3.63, 3.8) is 0 Å². The summed E-state index contributed by atoms with van der Waals surface area (Å²) in [5, 5.41) is 3.38. The number of halogens is 1. The molecule has 0 bridgehead atoms. The van der Waals surface area contributed by atoms with Crippen LogP contribution in [0.1, 0.15) is 5.56 Å². The summed E-state index contributed by atoms with van der Waals surface area (Å²) in [6, 6.07) is 4.21. The van der Waals surface area contributed by atoms with Gasteiger partial charge in [0.1, 0.15) is 0 Å². The number of thiophene rings is 1. The van der Waals surface area contributed by atoms with E-state index in [-0.39, 0.29) is 0 Å². The maximum absolute atomic E-state index is 5.91. The molecule has 0 spiro atoms. The van der Waals surface area contributed by atoms with Gasteiger partial charge in [-0.1, -0.05) is 0 Å². The third kappa shape index (κ3) is 1.67. The molecule has 1 heterocycles. The molecule has 0 aliphatic carbocycles. The molecule has 1 aromatic heterocycles. The second kappa shape index (κ2) is 4.35. The Morgan fingerprint density at radius 3 is 3.00 bits per heavy atom. The summed E-state index contributed by atoms with van der Waals surface area (Å²) in [5.74, 6) is 0.551. The molecular formula is C10H9ClS3. The van der Waals surface area contributed by atoms with Crippen molar-refractivity contribution in [1.29, 1.82) is 0 Å². The summed E-state index contributed by atoms with van der Waals surface area (Å²) in [7, 11) is 0. The molecule has 74 valence electrons. The Morgan fingerprint density at radius 2 is 2.36 bits per heavy atom. The van der Waals surface area contributed by atoms with Crippen molar-refractivity contribution in [3.8, 4) is 0 Å². The van der Waals surface area contributed by atoms with Crippen LogP contribution in [0.15, 0.2) is 27.3 Å². The van der Waals surface area contributed by atoms with Gasteiger partial charge in [0.15, 0.2) is 0 Å². The van der Waals surface area contributed by atoms with Gasteiger partial charge in [0.25, 0.3) is 0 Å². The number of fused-ring (bicyclic) bond motifs is 1. The molecule has 0 radical (unpaired) electrons. The highest BCUT2D eigenvalue weighted by atomic mass is 35.5. The van der Waals surface area contributed by atoms with Crippen molar-refractivity contribution in [3.05, 3.63) is 23.1 Å². The first-order valence-corrected chi connectivity index (χ1v) is 7.18. The molecule has 0 nitrogen and oxygen atoms in total. The summed E-state index contributed by atoms with van der Waals surface area (Å²) in [5.41, 5.74) is 1.18. The number of alkyl halides is 1. The Kier molecular flexibility index (Phi) is 3.32. The van der Waals surface area contributed by atoms with Gasteiger partial charge in [-0.3, -0.25) is 0 Å². The van der Waals surface area contributed by atoms with Gasteiger partial charge >= 0.3 is 0 Å². The molecule has 0 atom stereocenters. The minimum atomic E-state index is 0.551. The number of thioether (sulfide) groups is 1. The molecule has 0 aliphatic rings. The summed E-state index contributed by atoms with van der Waals surface area (Å²) in [6.07, 6.45) is 2.08. The van der Waals surface area contributed by atoms with Crippen LogP contribution in [0.4, 0.5) is 0 Å². The Balaban J connectivity index is 2.82. The van der Waals surface area contributed by atoms with Crippen LogP contribution in [0.2, 0.25) is 0 Å². The second-order valence-corrected chi connectivity index (χ2v) is 5.37. The van der Waals surface area contributed by atoms with Gasteiger partial charge in [-0.05, 0) is 29.3 Å². The molecule has 4 heteroatoms. The maximum Gasteiger partial charge on any atom is 0.0487 e. The lowest BCUT2D eigenvalue weighted by molar-refractivity contribution is 1.27. The summed E-state index contributed by atoms with van der Waals surface area (Å²) in [4.78, 5) is 2.32. The first-order chi connectivity index (χ1) is 6.77. The highest BCUT2D eigenvalue weighted by Gasteiger charge is 2.09. The maximum atomic E-state index is 5.91. The van der Waals surface area contributed by atoms with Crippen LogP contribution in [-0.4, -0.2) is 6.26 Å². The van der Waals surface area contributed by atoms with Gasteiger partial charge in [-0.15, -0.1) is 47.3 Å². The number of hydrogen-bond donors (Lipinski definition) is 1. The van der Waals surface area contributed by atoms with E-state index in [2.05, 4.69) is 36.4 Å². The second-order valence-electron chi connectivity index (χ2n) is 2.89. The van der Waals surface area contributed by atoms with E-state index in [1.807, 2.05) is 0 Å². The molecule has 0 fully saturated rings. The lowest BCUT2D eigenvalue weighted by Crippen LogP contribution is -1.84. The van der Waals surface area contributed by atoms with Crippen LogP contribution in [0, 0.1) is 0 Å². The quantitative estimate of drug-likeness (QED) is 0.466. The SMILES string of the molecule is CSc1c(CCl)cc(S)c2sccc12. The Hall–Kier alpha value is 0.170. The molecular weight excluding hydrogens is 252 g/mol. The predicted octanol–water partition coefficient (Wildman–Crippen LogP) is 4.65. The highest BCUT2D eigenvalue weighted by molar-refractivity contribution is 7.99. The zero-order valence-electron chi connectivity index (χ0n) is 7.58. The minimum absolute atomic E-state index is 0.551. The molecule has 1 aromatic carbocycles. The monoisotopic (exact) mass is 260 g/mol. The van der Waals surface area contributed by atoms with Crippen LogP contribution in [0.25, 0.3) is 10.1 Å². The van der Waals surface area contributed by atoms with E-state index in [0.29, 0.717) is 5.88 Å². The summed E-state index contributed by atoms with van der Waals surface area (Å²) >= 11 is 13.9. The fourth-order valence-electron chi connectivity index (χ4n) is 1.50. The highest BCUT2D eigenvalue weighted by Crippen LogP contribution is 2.37. The Bertz CT molecular complexity index is 462.